The molecule has 1 N–H and O–H groups in total. The summed E-state index contributed by atoms with van der Waals surface area (Å²) in [6.45, 7) is 4.03. The third-order valence-electron chi connectivity index (χ3n) is 4.06. The van der Waals surface area contributed by atoms with E-state index >= 15 is 0 Å². The van der Waals surface area contributed by atoms with Crippen LogP contribution in [0, 0.1) is 13.8 Å². The minimum atomic E-state index is -3.71. The van der Waals surface area contributed by atoms with Crippen LogP contribution in [0.1, 0.15) is 17.0 Å². The summed E-state index contributed by atoms with van der Waals surface area (Å²) in [5, 5.41) is 5.40. The number of sulfonamides is 1. The molecule has 142 valence electrons. The second kappa shape index (κ2) is 7.83. The Morgan fingerprint density at radius 2 is 1.74 bits per heavy atom. The SMILES string of the molecule is Cc1nn(Cc2ccc(Cl)c(Cl)c2)c(C)c1NS(=O)(=O)c1ccc(Br)cc1. The van der Waals surface area contributed by atoms with E-state index in [0.717, 1.165) is 10.0 Å². The monoisotopic (exact) mass is 487 g/mol. The number of halogens is 3. The number of hydrogen-bond acceptors (Lipinski definition) is 3. The average molecular weight is 489 g/mol. The number of aromatic nitrogens is 2. The van der Waals surface area contributed by atoms with Crippen molar-refractivity contribution in [3.05, 3.63) is 73.9 Å². The molecule has 0 saturated carbocycles. The minimum Gasteiger partial charge on any atom is -0.276 e. The summed E-state index contributed by atoms with van der Waals surface area (Å²) >= 11 is 15.3. The number of hydrogen-bond donors (Lipinski definition) is 1. The normalized spacial score (nSPS) is 11.6. The summed E-state index contributed by atoms with van der Waals surface area (Å²) in [6.07, 6.45) is 0. The Bertz CT molecular complexity index is 1100. The maximum absolute atomic E-state index is 12.7. The number of nitrogens with one attached hydrogen (secondary N) is 1. The highest BCUT2D eigenvalue weighted by Crippen LogP contribution is 2.26. The van der Waals surface area contributed by atoms with E-state index in [1.165, 1.54) is 12.1 Å². The van der Waals surface area contributed by atoms with Gasteiger partial charge in [0.1, 0.15) is 0 Å². The van der Waals surface area contributed by atoms with Gasteiger partial charge in [0.25, 0.3) is 10.0 Å². The smallest absolute Gasteiger partial charge is 0.262 e. The lowest BCUT2D eigenvalue weighted by Crippen LogP contribution is -2.14. The number of benzene rings is 2. The van der Waals surface area contributed by atoms with E-state index in [1.807, 2.05) is 13.0 Å². The molecule has 0 fully saturated rings. The maximum Gasteiger partial charge on any atom is 0.262 e. The Kier molecular flexibility index (Phi) is 5.86. The molecule has 27 heavy (non-hydrogen) atoms. The Balaban J connectivity index is 1.89. The van der Waals surface area contributed by atoms with Crippen LogP contribution >= 0.6 is 39.1 Å². The highest BCUT2D eigenvalue weighted by Gasteiger charge is 2.20. The first kappa shape index (κ1) is 20.2. The van der Waals surface area contributed by atoms with Crippen LogP contribution in [0.4, 0.5) is 5.69 Å². The third-order valence-corrected chi connectivity index (χ3v) is 6.69. The molecule has 1 aromatic heterocycles. The van der Waals surface area contributed by atoms with Crippen LogP contribution in [0.25, 0.3) is 0 Å². The number of rotatable bonds is 5. The Hall–Kier alpha value is -1.54. The van der Waals surface area contributed by atoms with Gasteiger partial charge in [-0.2, -0.15) is 5.10 Å². The van der Waals surface area contributed by atoms with Crippen LogP contribution in [0.3, 0.4) is 0 Å². The lowest BCUT2D eigenvalue weighted by Gasteiger charge is -2.10. The Morgan fingerprint density at radius 3 is 2.37 bits per heavy atom. The molecular formula is C18H16BrCl2N3O2S. The minimum absolute atomic E-state index is 0.182. The van der Waals surface area contributed by atoms with Gasteiger partial charge in [-0.25, -0.2) is 8.42 Å². The number of anilines is 1. The van der Waals surface area contributed by atoms with Crippen molar-refractivity contribution in [3.63, 3.8) is 0 Å². The summed E-state index contributed by atoms with van der Waals surface area (Å²) in [5.74, 6) is 0. The van der Waals surface area contributed by atoms with Gasteiger partial charge in [0.15, 0.2) is 0 Å². The number of nitrogens with zero attached hydrogens (tertiary/aromatic N) is 2. The van der Waals surface area contributed by atoms with Gasteiger partial charge in [-0.15, -0.1) is 0 Å². The lowest BCUT2D eigenvalue weighted by molar-refractivity contribution is 0.601. The fraction of sp³-hybridized carbons (Fsp3) is 0.167. The second-order valence-corrected chi connectivity index (χ2v) is 9.42. The van der Waals surface area contributed by atoms with Gasteiger partial charge in [0.05, 0.1) is 38.6 Å². The van der Waals surface area contributed by atoms with Crippen molar-refractivity contribution in [2.75, 3.05) is 4.72 Å². The lowest BCUT2D eigenvalue weighted by atomic mass is 10.2. The first-order valence-corrected chi connectivity index (χ1v) is 11.0. The summed E-state index contributed by atoms with van der Waals surface area (Å²) < 4.78 is 30.5. The van der Waals surface area contributed by atoms with Crippen molar-refractivity contribution >= 4 is 54.8 Å². The summed E-state index contributed by atoms with van der Waals surface area (Å²) in [7, 11) is -3.71. The molecule has 0 radical (unpaired) electrons. The van der Waals surface area contributed by atoms with Crippen molar-refractivity contribution in [1.29, 1.82) is 0 Å². The molecule has 0 saturated heterocycles. The summed E-state index contributed by atoms with van der Waals surface area (Å²) in [4.78, 5) is 0.182. The van der Waals surface area contributed by atoms with Crippen LogP contribution in [0.2, 0.25) is 10.0 Å². The van der Waals surface area contributed by atoms with E-state index in [-0.39, 0.29) is 4.90 Å². The van der Waals surface area contributed by atoms with Crippen molar-refractivity contribution in [2.45, 2.75) is 25.3 Å². The molecule has 3 aromatic rings. The number of aryl methyl sites for hydroxylation is 1. The van der Waals surface area contributed by atoms with Crippen molar-refractivity contribution < 1.29 is 8.42 Å². The second-order valence-electron chi connectivity index (χ2n) is 6.01. The van der Waals surface area contributed by atoms with E-state index < -0.39 is 10.0 Å². The van der Waals surface area contributed by atoms with Crippen LogP contribution in [-0.4, -0.2) is 18.2 Å². The molecule has 0 unspecified atom stereocenters. The highest BCUT2D eigenvalue weighted by molar-refractivity contribution is 9.10. The zero-order valence-corrected chi connectivity index (χ0v) is 18.4. The molecule has 0 aliphatic heterocycles. The molecule has 5 nitrogen and oxygen atoms in total. The molecule has 0 aliphatic carbocycles. The van der Waals surface area contributed by atoms with E-state index in [0.29, 0.717) is 33.7 Å². The molecule has 0 amide bonds. The standard InChI is InChI=1S/C18H16BrCl2N3O2S/c1-11-18(23-27(25,26)15-6-4-14(19)5-7-15)12(2)24(22-11)10-13-3-8-16(20)17(21)9-13/h3-9,23H,10H2,1-2H3. The summed E-state index contributed by atoms with van der Waals surface area (Å²) in [5.41, 5.74) is 2.68. The third kappa shape index (κ3) is 4.48. The van der Waals surface area contributed by atoms with Crippen molar-refractivity contribution in [1.82, 2.24) is 9.78 Å². The van der Waals surface area contributed by atoms with Crippen LogP contribution in [-0.2, 0) is 16.6 Å². The highest BCUT2D eigenvalue weighted by atomic mass is 79.9. The van der Waals surface area contributed by atoms with E-state index in [1.54, 1.807) is 35.9 Å². The molecule has 0 bridgehead atoms. The van der Waals surface area contributed by atoms with E-state index in [4.69, 9.17) is 23.2 Å². The quantitative estimate of drug-likeness (QED) is 0.521. The zero-order chi connectivity index (χ0) is 19.8. The average Bonchev–Trinajstić information content (AvgIpc) is 2.86. The van der Waals surface area contributed by atoms with Crippen molar-refractivity contribution in [2.24, 2.45) is 0 Å². The zero-order valence-electron chi connectivity index (χ0n) is 14.5. The predicted octanol–water partition coefficient (Wildman–Crippen LogP) is 5.42. The molecule has 2 aromatic carbocycles. The van der Waals surface area contributed by atoms with Gasteiger partial charge in [0.2, 0.25) is 0 Å². The van der Waals surface area contributed by atoms with Gasteiger partial charge >= 0.3 is 0 Å². The van der Waals surface area contributed by atoms with Gasteiger partial charge < -0.3 is 0 Å². The van der Waals surface area contributed by atoms with Crippen LogP contribution in [0.15, 0.2) is 51.8 Å². The first-order chi connectivity index (χ1) is 12.7. The fourth-order valence-corrected chi connectivity index (χ4v) is 4.38. The molecule has 0 atom stereocenters. The topological polar surface area (TPSA) is 64.0 Å². The fourth-order valence-electron chi connectivity index (χ4n) is 2.62. The maximum atomic E-state index is 12.7. The largest absolute Gasteiger partial charge is 0.276 e. The van der Waals surface area contributed by atoms with Gasteiger partial charge in [-0.1, -0.05) is 45.2 Å². The molecule has 3 rings (SSSR count). The Labute approximate surface area is 176 Å². The molecular weight excluding hydrogens is 473 g/mol. The van der Waals surface area contributed by atoms with Gasteiger partial charge in [-0.05, 0) is 55.8 Å². The van der Waals surface area contributed by atoms with Gasteiger partial charge in [0, 0.05) is 4.47 Å². The van der Waals surface area contributed by atoms with Gasteiger partial charge in [-0.3, -0.25) is 9.40 Å². The van der Waals surface area contributed by atoms with Crippen LogP contribution < -0.4 is 4.72 Å². The van der Waals surface area contributed by atoms with E-state index in [2.05, 4.69) is 25.8 Å². The summed E-state index contributed by atoms with van der Waals surface area (Å²) in [6, 6.07) is 11.8. The molecule has 1 heterocycles. The molecule has 9 heteroatoms. The molecule has 0 spiro atoms. The predicted molar refractivity (Wildman–Crippen MR) is 112 cm³/mol. The van der Waals surface area contributed by atoms with E-state index in [9.17, 15) is 8.42 Å². The Morgan fingerprint density at radius 1 is 1.07 bits per heavy atom. The van der Waals surface area contributed by atoms with Crippen molar-refractivity contribution in [3.8, 4) is 0 Å². The van der Waals surface area contributed by atoms with Crippen LogP contribution in [0.5, 0.6) is 0 Å². The molecule has 0 aliphatic rings. The first-order valence-electron chi connectivity index (χ1n) is 7.93.